The van der Waals surface area contributed by atoms with Gasteiger partial charge in [0.25, 0.3) is 0 Å². The molecule has 0 radical (unpaired) electrons. The Kier molecular flexibility index (Phi) is 6.67. The van der Waals surface area contributed by atoms with Gasteiger partial charge < -0.3 is 15.4 Å². The molecular formula is C30H30N4O2. The second-order valence-electron chi connectivity index (χ2n) is 9.23. The lowest BCUT2D eigenvalue weighted by atomic mass is 9.64. The highest BCUT2D eigenvalue weighted by Gasteiger charge is 2.46. The van der Waals surface area contributed by atoms with E-state index in [1.165, 1.54) is 12.7 Å². The number of aromatic nitrogens is 2. The largest absolute Gasteiger partial charge is 0.468 e. The number of methoxy groups -OCH3 is 1. The third kappa shape index (κ3) is 4.80. The van der Waals surface area contributed by atoms with Gasteiger partial charge in [0.2, 0.25) is 5.95 Å². The minimum atomic E-state index is -0.512. The monoisotopic (exact) mass is 478 g/mol. The summed E-state index contributed by atoms with van der Waals surface area (Å²) in [6.07, 6.45) is 2.68. The fraction of sp³-hybridized carbons (Fsp3) is 0.233. The maximum absolute atomic E-state index is 12.4. The molecule has 0 amide bonds. The first-order valence-electron chi connectivity index (χ1n) is 12.3. The van der Waals surface area contributed by atoms with Crippen molar-refractivity contribution < 1.29 is 9.53 Å². The molecule has 1 heterocycles. The van der Waals surface area contributed by atoms with Crippen LogP contribution in [0.4, 0.5) is 17.5 Å². The Bertz CT molecular complexity index is 1320. The lowest BCUT2D eigenvalue weighted by Gasteiger charge is -2.39. The highest BCUT2D eigenvalue weighted by molar-refractivity contribution is 5.84. The molecule has 1 atom stereocenters. The van der Waals surface area contributed by atoms with E-state index in [0.29, 0.717) is 5.95 Å². The molecule has 0 unspecified atom stereocenters. The number of anilines is 3. The molecule has 4 aromatic rings. The van der Waals surface area contributed by atoms with Crippen molar-refractivity contribution >= 4 is 23.4 Å². The second-order valence-corrected chi connectivity index (χ2v) is 9.23. The molecule has 1 aliphatic rings. The van der Waals surface area contributed by atoms with Crippen molar-refractivity contribution in [2.75, 3.05) is 17.7 Å². The van der Waals surface area contributed by atoms with Crippen LogP contribution in [0, 0.1) is 0 Å². The van der Waals surface area contributed by atoms with Gasteiger partial charge in [0.1, 0.15) is 5.82 Å². The minimum Gasteiger partial charge on any atom is -0.468 e. The molecule has 1 aliphatic carbocycles. The maximum atomic E-state index is 12.4. The summed E-state index contributed by atoms with van der Waals surface area (Å²) in [6.45, 7) is 2.11. The lowest BCUT2D eigenvalue weighted by molar-refractivity contribution is -0.151. The molecule has 6 nitrogen and oxygen atoms in total. The molecule has 1 fully saturated rings. The zero-order valence-electron chi connectivity index (χ0n) is 20.6. The predicted octanol–water partition coefficient (Wildman–Crippen LogP) is 6.66. The Hall–Kier alpha value is -4.19. The highest BCUT2D eigenvalue weighted by Crippen LogP contribution is 2.45. The van der Waals surface area contributed by atoms with Gasteiger partial charge in [-0.25, -0.2) is 4.98 Å². The van der Waals surface area contributed by atoms with Gasteiger partial charge >= 0.3 is 5.97 Å². The van der Waals surface area contributed by atoms with E-state index in [2.05, 4.69) is 29.7 Å². The quantitative estimate of drug-likeness (QED) is 0.276. The first-order chi connectivity index (χ1) is 17.6. The van der Waals surface area contributed by atoms with E-state index >= 15 is 0 Å². The number of hydrogen-bond acceptors (Lipinski definition) is 6. The van der Waals surface area contributed by atoms with Gasteiger partial charge in [-0.3, -0.25) is 4.79 Å². The summed E-state index contributed by atoms with van der Waals surface area (Å²) >= 11 is 0. The number of carbonyl (C=O) groups excluding carboxylic acids is 1. The molecule has 1 saturated carbocycles. The fourth-order valence-electron chi connectivity index (χ4n) is 4.72. The smallest absolute Gasteiger partial charge is 0.316 e. The van der Waals surface area contributed by atoms with E-state index in [9.17, 15) is 4.79 Å². The minimum absolute atomic E-state index is 0.0776. The van der Waals surface area contributed by atoms with Crippen molar-refractivity contribution in [2.24, 2.45) is 0 Å². The second kappa shape index (κ2) is 10.2. The lowest BCUT2D eigenvalue weighted by Crippen LogP contribution is -2.43. The van der Waals surface area contributed by atoms with Crippen LogP contribution in [-0.4, -0.2) is 23.0 Å². The maximum Gasteiger partial charge on any atom is 0.316 e. The number of carbonyl (C=O) groups is 1. The van der Waals surface area contributed by atoms with Crippen LogP contribution < -0.4 is 10.6 Å². The Morgan fingerprint density at radius 3 is 2.19 bits per heavy atom. The molecule has 6 heteroatoms. The SMILES string of the molecule is COC(=O)C1(c2ccc(Nc3nc(N[C@@H](C)c4ccccc4)cc(-c4ccccc4)n3)cc2)CCC1. The van der Waals surface area contributed by atoms with Crippen LogP contribution in [0.15, 0.2) is 91.0 Å². The summed E-state index contributed by atoms with van der Waals surface area (Å²) < 4.78 is 5.09. The average Bonchev–Trinajstić information content (AvgIpc) is 2.89. The summed E-state index contributed by atoms with van der Waals surface area (Å²) in [4.78, 5) is 22.0. The van der Waals surface area contributed by atoms with Gasteiger partial charge in [-0.05, 0) is 43.0 Å². The van der Waals surface area contributed by atoms with Crippen molar-refractivity contribution in [1.29, 1.82) is 0 Å². The van der Waals surface area contributed by atoms with Gasteiger partial charge in [-0.1, -0.05) is 79.2 Å². The molecule has 36 heavy (non-hydrogen) atoms. The van der Waals surface area contributed by atoms with Crippen molar-refractivity contribution in [2.45, 2.75) is 37.6 Å². The van der Waals surface area contributed by atoms with Gasteiger partial charge in [0.15, 0.2) is 0 Å². The van der Waals surface area contributed by atoms with Gasteiger partial charge in [-0.2, -0.15) is 4.98 Å². The highest BCUT2D eigenvalue weighted by atomic mass is 16.5. The zero-order chi connectivity index (χ0) is 25.0. The van der Waals surface area contributed by atoms with E-state index < -0.39 is 5.41 Å². The zero-order valence-corrected chi connectivity index (χ0v) is 20.6. The van der Waals surface area contributed by atoms with Crippen molar-refractivity contribution in [3.05, 3.63) is 102 Å². The van der Waals surface area contributed by atoms with Crippen molar-refractivity contribution in [1.82, 2.24) is 9.97 Å². The molecule has 1 aromatic heterocycles. The number of nitrogens with zero attached hydrogens (tertiary/aromatic N) is 2. The van der Waals surface area contributed by atoms with E-state index in [1.807, 2.05) is 78.9 Å². The van der Waals surface area contributed by atoms with Crippen molar-refractivity contribution in [3.8, 4) is 11.3 Å². The van der Waals surface area contributed by atoms with E-state index in [0.717, 1.165) is 47.6 Å². The molecular weight excluding hydrogens is 448 g/mol. The first-order valence-corrected chi connectivity index (χ1v) is 12.3. The summed E-state index contributed by atoms with van der Waals surface area (Å²) in [5.74, 6) is 1.08. The van der Waals surface area contributed by atoms with Crippen LogP contribution in [0.1, 0.15) is 43.4 Å². The van der Waals surface area contributed by atoms with Crippen LogP contribution in [-0.2, 0) is 14.9 Å². The van der Waals surface area contributed by atoms with Crippen LogP contribution >= 0.6 is 0 Å². The summed E-state index contributed by atoms with van der Waals surface area (Å²) in [7, 11) is 1.46. The van der Waals surface area contributed by atoms with Crippen LogP contribution in [0.3, 0.4) is 0 Å². The Balaban J connectivity index is 1.42. The number of nitrogens with one attached hydrogen (secondary N) is 2. The van der Waals surface area contributed by atoms with Gasteiger partial charge in [-0.15, -0.1) is 0 Å². The molecule has 0 spiro atoms. The third-order valence-electron chi connectivity index (χ3n) is 6.94. The molecule has 0 saturated heterocycles. The van der Waals surface area contributed by atoms with Crippen LogP contribution in [0.2, 0.25) is 0 Å². The number of ether oxygens (including phenoxy) is 1. The topological polar surface area (TPSA) is 76.1 Å². The fourth-order valence-corrected chi connectivity index (χ4v) is 4.72. The number of hydrogen-bond donors (Lipinski definition) is 2. The number of rotatable bonds is 8. The van der Waals surface area contributed by atoms with Crippen LogP contribution in [0.5, 0.6) is 0 Å². The van der Waals surface area contributed by atoms with Gasteiger partial charge in [0.05, 0.1) is 18.2 Å². The molecule has 2 N–H and O–H groups in total. The first kappa shape index (κ1) is 23.5. The standard InChI is InChI=1S/C30H30N4O2/c1-21(22-10-5-3-6-11-22)31-27-20-26(23-12-7-4-8-13-23)33-29(34-27)32-25-16-14-24(15-17-25)30(18-9-19-30)28(35)36-2/h3-8,10-17,20-21H,9,18-19H2,1-2H3,(H2,31,32,33,34)/t21-/m0/s1. The third-order valence-corrected chi connectivity index (χ3v) is 6.94. The van der Waals surface area contributed by atoms with E-state index in [-0.39, 0.29) is 12.0 Å². The summed E-state index contributed by atoms with van der Waals surface area (Å²) in [6, 6.07) is 30.3. The predicted molar refractivity (Wildman–Crippen MR) is 143 cm³/mol. The number of esters is 1. The number of benzene rings is 3. The van der Waals surface area contributed by atoms with Crippen molar-refractivity contribution in [3.63, 3.8) is 0 Å². The molecule has 5 rings (SSSR count). The average molecular weight is 479 g/mol. The van der Waals surface area contributed by atoms with E-state index in [1.54, 1.807) is 0 Å². The molecule has 3 aromatic carbocycles. The summed E-state index contributed by atoms with van der Waals surface area (Å²) in [5, 5.41) is 6.86. The molecule has 182 valence electrons. The normalized spacial score (nSPS) is 14.8. The Morgan fingerprint density at radius 1 is 0.917 bits per heavy atom. The molecule has 0 aliphatic heterocycles. The van der Waals surface area contributed by atoms with Crippen LogP contribution in [0.25, 0.3) is 11.3 Å². The summed E-state index contributed by atoms with van der Waals surface area (Å²) in [5.41, 5.74) is 4.35. The van der Waals surface area contributed by atoms with E-state index in [4.69, 9.17) is 14.7 Å². The Morgan fingerprint density at radius 2 is 1.58 bits per heavy atom. The van der Waals surface area contributed by atoms with Gasteiger partial charge in [0, 0.05) is 23.4 Å². The molecule has 0 bridgehead atoms. The Labute approximate surface area is 211 Å².